The van der Waals surface area contributed by atoms with Crippen molar-refractivity contribution in [1.29, 1.82) is 0 Å². The maximum atomic E-state index is 12.6. The highest BCUT2D eigenvalue weighted by Gasteiger charge is 2.21. The summed E-state index contributed by atoms with van der Waals surface area (Å²) in [4.78, 5) is 24.6. The van der Waals surface area contributed by atoms with E-state index in [2.05, 4.69) is 4.57 Å². The molecule has 6 heteroatoms. The van der Waals surface area contributed by atoms with E-state index in [-0.39, 0.29) is 18.5 Å². The molecule has 0 N–H and O–H groups in total. The molecule has 6 nitrogen and oxygen atoms in total. The van der Waals surface area contributed by atoms with E-state index in [1.54, 1.807) is 6.08 Å². The normalized spacial score (nSPS) is 16.2. The van der Waals surface area contributed by atoms with Gasteiger partial charge in [-0.2, -0.15) is 0 Å². The average Bonchev–Trinajstić information content (AvgIpc) is 3.35. The second-order valence-electron chi connectivity index (χ2n) is 7.40. The summed E-state index contributed by atoms with van der Waals surface area (Å²) < 4.78 is 18.3. The van der Waals surface area contributed by atoms with Crippen molar-refractivity contribution in [3.05, 3.63) is 58.9 Å². The number of carbonyl (C=O) groups excluding carboxylic acids is 2. The molecule has 0 unspecified atom stereocenters. The van der Waals surface area contributed by atoms with Crippen molar-refractivity contribution in [2.45, 2.75) is 46.3 Å². The summed E-state index contributed by atoms with van der Waals surface area (Å²) in [5.74, 6) is 0.0230. The zero-order valence-corrected chi connectivity index (χ0v) is 17.8. The largest absolute Gasteiger partial charge is 0.494 e. The SMILES string of the molecule is CCOc1ccc(/C=C/C(=O)OCC(=O)c2cc(C)n(C[C@H]3CCCO3)c2C)cc1. The quantitative estimate of drug-likeness (QED) is 0.353. The molecular formula is C24H29NO5. The highest BCUT2D eigenvalue weighted by atomic mass is 16.5. The van der Waals surface area contributed by atoms with Crippen LogP contribution in [0.1, 0.15) is 47.1 Å². The Bertz CT molecular complexity index is 904. The Morgan fingerprint density at radius 2 is 2.00 bits per heavy atom. The molecule has 1 saturated heterocycles. The number of esters is 1. The molecule has 0 amide bonds. The molecule has 0 radical (unpaired) electrons. The second-order valence-corrected chi connectivity index (χ2v) is 7.40. The molecule has 1 atom stereocenters. The molecular weight excluding hydrogens is 382 g/mol. The van der Waals surface area contributed by atoms with Gasteiger partial charge in [0.25, 0.3) is 0 Å². The maximum absolute atomic E-state index is 12.6. The van der Waals surface area contributed by atoms with Crippen LogP contribution in [-0.2, 0) is 20.8 Å². The van der Waals surface area contributed by atoms with Gasteiger partial charge in [-0.3, -0.25) is 4.79 Å². The predicted octanol–water partition coefficient (Wildman–Crippen LogP) is 4.12. The summed E-state index contributed by atoms with van der Waals surface area (Å²) in [6.07, 6.45) is 5.29. The van der Waals surface area contributed by atoms with Gasteiger partial charge >= 0.3 is 5.97 Å². The summed E-state index contributed by atoms with van der Waals surface area (Å²) in [5.41, 5.74) is 3.33. The van der Waals surface area contributed by atoms with Gasteiger partial charge in [0.2, 0.25) is 5.78 Å². The van der Waals surface area contributed by atoms with Crippen molar-refractivity contribution < 1.29 is 23.8 Å². The first-order valence-corrected chi connectivity index (χ1v) is 10.4. The van der Waals surface area contributed by atoms with E-state index < -0.39 is 5.97 Å². The van der Waals surface area contributed by atoms with E-state index in [1.807, 2.05) is 51.1 Å². The second kappa shape index (κ2) is 10.3. The fourth-order valence-corrected chi connectivity index (χ4v) is 3.62. The van der Waals surface area contributed by atoms with Crippen LogP contribution in [0.4, 0.5) is 0 Å². The molecule has 1 aliphatic rings. The van der Waals surface area contributed by atoms with Gasteiger partial charge < -0.3 is 18.8 Å². The van der Waals surface area contributed by atoms with E-state index >= 15 is 0 Å². The highest BCUT2D eigenvalue weighted by Crippen LogP contribution is 2.21. The molecule has 1 fully saturated rings. The predicted molar refractivity (Wildman–Crippen MR) is 115 cm³/mol. The molecule has 160 valence electrons. The Labute approximate surface area is 177 Å². The molecule has 1 aliphatic heterocycles. The minimum Gasteiger partial charge on any atom is -0.494 e. The molecule has 0 aliphatic carbocycles. The van der Waals surface area contributed by atoms with Gasteiger partial charge in [0, 0.05) is 36.2 Å². The summed E-state index contributed by atoms with van der Waals surface area (Å²) in [6, 6.07) is 9.23. The van der Waals surface area contributed by atoms with Crippen LogP contribution in [0.5, 0.6) is 5.75 Å². The number of hydrogen-bond acceptors (Lipinski definition) is 5. The lowest BCUT2D eigenvalue weighted by Gasteiger charge is -2.14. The van der Waals surface area contributed by atoms with Crippen LogP contribution in [0.15, 0.2) is 36.4 Å². The Balaban J connectivity index is 1.54. The minimum absolute atomic E-state index is 0.198. The van der Waals surface area contributed by atoms with Gasteiger partial charge in [-0.15, -0.1) is 0 Å². The van der Waals surface area contributed by atoms with Gasteiger partial charge in [0.05, 0.1) is 12.7 Å². The maximum Gasteiger partial charge on any atom is 0.331 e. The van der Waals surface area contributed by atoms with Crippen LogP contribution in [-0.4, -0.2) is 42.2 Å². The van der Waals surface area contributed by atoms with Crippen LogP contribution in [0.2, 0.25) is 0 Å². The van der Waals surface area contributed by atoms with E-state index in [0.29, 0.717) is 12.2 Å². The lowest BCUT2D eigenvalue weighted by atomic mass is 10.1. The monoisotopic (exact) mass is 411 g/mol. The van der Waals surface area contributed by atoms with Crippen molar-refractivity contribution in [3.8, 4) is 5.75 Å². The van der Waals surface area contributed by atoms with Crippen LogP contribution in [0, 0.1) is 13.8 Å². The van der Waals surface area contributed by atoms with Crippen LogP contribution in [0.3, 0.4) is 0 Å². The number of ether oxygens (including phenoxy) is 3. The Hall–Kier alpha value is -2.86. The molecule has 0 saturated carbocycles. The third-order valence-electron chi connectivity index (χ3n) is 5.23. The summed E-state index contributed by atoms with van der Waals surface area (Å²) >= 11 is 0. The Morgan fingerprint density at radius 3 is 2.67 bits per heavy atom. The number of aromatic nitrogens is 1. The molecule has 1 aromatic carbocycles. The van der Waals surface area contributed by atoms with Gasteiger partial charge in [-0.1, -0.05) is 12.1 Å². The third kappa shape index (κ3) is 5.60. The van der Waals surface area contributed by atoms with Crippen molar-refractivity contribution in [3.63, 3.8) is 0 Å². The molecule has 0 bridgehead atoms. The third-order valence-corrected chi connectivity index (χ3v) is 5.23. The molecule has 0 spiro atoms. The lowest BCUT2D eigenvalue weighted by molar-refractivity contribution is -0.136. The van der Waals surface area contributed by atoms with Gasteiger partial charge in [-0.05, 0) is 63.5 Å². The zero-order valence-electron chi connectivity index (χ0n) is 17.8. The molecule has 2 heterocycles. The fraction of sp³-hybridized carbons (Fsp3) is 0.417. The number of hydrogen-bond donors (Lipinski definition) is 0. The lowest BCUT2D eigenvalue weighted by Crippen LogP contribution is -2.18. The highest BCUT2D eigenvalue weighted by molar-refractivity contribution is 6.00. The molecule has 2 aromatic rings. The first kappa shape index (κ1) is 21.8. The molecule has 30 heavy (non-hydrogen) atoms. The van der Waals surface area contributed by atoms with E-state index in [9.17, 15) is 9.59 Å². The number of carbonyl (C=O) groups is 2. The van der Waals surface area contributed by atoms with E-state index in [1.165, 1.54) is 6.08 Å². The smallest absolute Gasteiger partial charge is 0.331 e. The van der Waals surface area contributed by atoms with Gasteiger partial charge in [0.15, 0.2) is 6.61 Å². The van der Waals surface area contributed by atoms with E-state index in [4.69, 9.17) is 14.2 Å². The number of nitrogens with zero attached hydrogens (tertiary/aromatic N) is 1. The number of aryl methyl sites for hydroxylation is 1. The number of Topliss-reactive ketones (excluding diaryl/α,β-unsaturated/α-hetero) is 1. The van der Waals surface area contributed by atoms with Crippen molar-refractivity contribution in [1.82, 2.24) is 4.57 Å². The molecule has 1 aromatic heterocycles. The van der Waals surface area contributed by atoms with Crippen LogP contribution < -0.4 is 4.74 Å². The average molecular weight is 411 g/mol. The number of rotatable bonds is 9. The van der Waals surface area contributed by atoms with Crippen molar-refractivity contribution in [2.75, 3.05) is 19.8 Å². The van der Waals surface area contributed by atoms with Crippen LogP contribution >= 0.6 is 0 Å². The first-order valence-electron chi connectivity index (χ1n) is 10.4. The van der Waals surface area contributed by atoms with Crippen molar-refractivity contribution >= 4 is 17.8 Å². The molecule has 3 rings (SSSR count). The number of benzene rings is 1. The van der Waals surface area contributed by atoms with Gasteiger partial charge in [-0.25, -0.2) is 4.79 Å². The Morgan fingerprint density at radius 1 is 1.23 bits per heavy atom. The van der Waals surface area contributed by atoms with E-state index in [0.717, 1.165) is 48.7 Å². The fourth-order valence-electron chi connectivity index (χ4n) is 3.62. The van der Waals surface area contributed by atoms with Crippen molar-refractivity contribution in [2.24, 2.45) is 0 Å². The minimum atomic E-state index is -0.551. The summed E-state index contributed by atoms with van der Waals surface area (Å²) in [5, 5.41) is 0. The zero-order chi connectivity index (χ0) is 21.5. The Kier molecular flexibility index (Phi) is 7.46. The first-order chi connectivity index (χ1) is 14.5. The standard InChI is InChI=1S/C24H29NO5/c1-4-28-20-10-7-19(8-11-20)9-12-24(27)30-16-23(26)22-14-17(2)25(18(22)3)15-21-6-5-13-29-21/h7-12,14,21H,4-6,13,15-16H2,1-3H3/b12-9+/t21-/m1/s1. The summed E-state index contributed by atoms with van der Waals surface area (Å²) in [7, 11) is 0. The van der Waals surface area contributed by atoms with Crippen LogP contribution in [0.25, 0.3) is 6.08 Å². The number of ketones is 1. The summed E-state index contributed by atoms with van der Waals surface area (Å²) in [6.45, 7) is 7.69. The van der Waals surface area contributed by atoms with Gasteiger partial charge in [0.1, 0.15) is 5.75 Å². The topological polar surface area (TPSA) is 66.8 Å².